The van der Waals surface area contributed by atoms with Crippen molar-refractivity contribution in [2.24, 2.45) is 0 Å². The second-order valence-electron chi connectivity index (χ2n) is 4.59. The summed E-state index contributed by atoms with van der Waals surface area (Å²) >= 11 is 3.19. The number of aryl methyl sites for hydroxylation is 1. The molecule has 10 heteroatoms. The van der Waals surface area contributed by atoms with E-state index in [0.717, 1.165) is 15.3 Å². The molecule has 2 rings (SSSR count). The Morgan fingerprint density at radius 1 is 1.39 bits per heavy atom. The van der Waals surface area contributed by atoms with E-state index in [4.69, 9.17) is 4.74 Å². The molecule has 0 bridgehead atoms. The van der Waals surface area contributed by atoms with Crippen molar-refractivity contribution in [3.8, 4) is 5.75 Å². The van der Waals surface area contributed by atoms with Gasteiger partial charge in [0, 0.05) is 15.9 Å². The number of hydrogen-bond donors (Lipinski definition) is 3. The largest absolute Gasteiger partial charge is 0.426 e. The van der Waals surface area contributed by atoms with Crippen molar-refractivity contribution in [1.82, 2.24) is 10.6 Å². The van der Waals surface area contributed by atoms with E-state index in [1.54, 1.807) is 19.1 Å². The number of hydrogen-bond acceptors (Lipinski definition) is 7. The molecule has 0 aliphatic carbocycles. The van der Waals surface area contributed by atoms with Gasteiger partial charge in [-0.25, -0.2) is 8.42 Å². The maximum absolute atomic E-state index is 12.5. The number of rotatable bonds is 4. The third kappa shape index (κ3) is 4.61. The summed E-state index contributed by atoms with van der Waals surface area (Å²) in [7, 11) is -2.73. The summed E-state index contributed by atoms with van der Waals surface area (Å²) in [4.78, 5) is 23.7. The third-order valence-electron chi connectivity index (χ3n) is 2.78. The van der Waals surface area contributed by atoms with Gasteiger partial charge >= 0.3 is 5.97 Å². The Morgan fingerprint density at radius 3 is 2.65 bits per heavy atom. The lowest BCUT2D eigenvalue weighted by atomic mass is 10.1. The van der Waals surface area contributed by atoms with Gasteiger partial charge in [0.25, 0.3) is 5.91 Å². The van der Waals surface area contributed by atoms with Crippen molar-refractivity contribution in [2.75, 3.05) is 0 Å². The number of benzene rings is 1. The van der Waals surface area contributed by atoms with Crippen molar-refractivity contribution in [2.45, 2.75) is 19.3 Å². The number of esters is 1. The average Bonchev–Trinajstić information content (AvgIpc) is 2.89. The Kier molecular flexibility index (Phi) is 5.92. The Hall–Kier alpha value is -1.27. The van der Waals surface area contributed by atoms with E-state index >= 15 is 0 Å². The van der Waals surface area contributed by atoms with Gasteiger partial charge in [0.15, 0.2) is 16.2 Å². The van der Waals surface area contributed by atoms with Crippen LogP contribution >= 0.6 is 34.4 Å². The third-order valence-corrected chi connectivity index (χ3v) is 5.11. The van der Waals surface area contributed by atoms with Crippen LogP contribution in [0.1, 0.15) is 22.8 Å². The molecule has 1 heterocycles. The standard InChI is InChI=1S/C13H13IN2O5S2/c1-6-3-8(14)4-9(11(6)21-7(2)17)12(18)16-13-15-10(5-22-13)23(19)20/h3-5,13,15,23H,1-2H3,(H,16,18). The lowest BCUT2D eigenvalue weighted by molar-refractivity contribution is -0.131. The summed E-state index contributed by atoms with van der Waals surface area (Å²) < 4.78 is 27.7. The van der Waals surface area contributed by atoms with Crippen LogP contribution in [-0.4, -0.2) is 25.8 Å². The molecule has 7 nitrogen and oxygen atoms in total. The normalized spacial score (nSPS) is 16.7. The summed E-state index contributed by atoms with van der Waals surface area (Å²) in [6, 6.07) is 3.39. The molecule has 1 aromatic rings. The minimum Gasteiger partial charge on any atom is -0.426 e. The molecule has 1 unspecified atom stereocenters. The molecule has 0 radical (unpaired) electrons. The van der Waals surface area contributed by atoms with Gasteiger partial charge in [0.2, 0.25) is 0 Å². The molecule has 1 aromatic carbocycles. The van der Waals surface area contributed by atoms with Crippen molar-refractivity contribution < 1.29 is 22.7 Å². The highest BCUT2D eigenvalue weighted by atomic mass is 127. The van der Waals surface area contributed by atoms with Gasteiger partial charge in [0.05, 0.1) is 5.56 Å². The van der Waals surface area contributed by atoms with Crippen LogP contribution < -0.4 is 15.4 Å². The minimum atomic E-state index is -2.73. The maximum Gasteiger partial charge on any atom is 0.308 e. The monoisotopic (exact) mass is 468 g/mol. The Balaban J connectivity index is 2.21. The number of halogens is 1. The predicted molar refractivity (Wildman–Crippen MR) is 95.6 cm³/mol. The highest BCUT2D eigenvalue weighted by Gasteiger charge is 2.24. The number of ether oxygens (including phenoxy) is 1. The maximum atomic E-state index is 12.5. The molecule has 0 fully saturated rings. The number of carbonyl (C=O) groups is 2. The summed E-state index contributed by atoms with van der Waals surface area (Å²) in [6.45, 7) is 3.00. The lowest BCUT2D eigenvalue weighted by Gasteiger charge is -2.16. The van der Waals surface area contributed by atoms with Gasteiger partial charge in [-0.3, -0.25) is 9.59 Å². The molecule has 0 saturated carbocycles. The fourth-order valence-corrected chi connectivity index (χ4v) is 4.21. The topological polar surface area (TPSA) is 102 Å². The zero-order valence-electron chi connectivity index (χ0n) is 12.1. The molecule has 1 aliphatic heterocycles. The molecular formula is C13H13IN2O5S2. The molecule has 2 N–H and O–H groups in total. The molecule has 23 heavy (non-hydrogen) atoms. The van der Waals surface area contributed by atoms with Crippen LogP contribution in [0.15, 0.2) is 22.6 Å². The molecule has 0 saturated heterocycles. The van der Waals surface area contributed by atoms with Gasteiger partial charge in [-0.05, 0) is 47.2 Å². The number of nitrogens with one attached hydrogen (secondary N) is 2. The molecule has 124 valence electrons. The van der Waals surface area contributed by atoms with Crippen LogP contribution in [0.5, 0.6) is 5.75 Å². The average molecular weight is 468 g/mol. The van der Waals surface area contributed by atoms with Gasteiger partial charge < -0.3 is 15.4 Å². The minimum absolute atomic E-state index is 0.0503. The lowest BCUT2D eigenvalue weighted by Crippen LogP contribution is -2.40. The highest BCUT2D eigenvalue weighted by molar-refractivity contribution is 14.1. The molecule has 0 aromatic heterocycles. The van der Waals surface area contributed by atoms with Crippen LogP contribution in [0.4, 0.5) is 0 Å². The molecule has 0 spiro atoms. The molecular weight excluding hydrogens is 455 g/mol. The Morgan fingerprint density at radius 2 is 2.09 bits per heavy atom. The van der Waals surface area contributed by atoms with Crippen molar-refractivity contribution in [1.29, 1.82) is 0 Å². The first kappa shape index (κ1) is 18.1. The van der Waals surface area contributed by atoms with E-state index in [0.29, 0.717) is 5.56 Å². The van der Waals surface area contributed by atoms with Gasteiger partial charge in [-0.15, -0.1) is 0 Å². The predicted octanol–water partition coefficient (Wildman–Crippen LogP) is 1.29. The first-order valence-corrected chi connectivity index (χ1v) is 9.54. The van der Waals surface area contributed by atoms with Crippen molar-refractivity contribution in [3.63, 3.8) is 0 Å². The first-order valence-electron chi connectivity index (χ1n) is 6.34. The summed E-state index contributed by atoms with van der Waals surface area (Å²) in [5.41, 5.74) is 0.270. The quantitative estimate of drug-likeness (QED) is 0.265. The van der Waals surface area contributed by atoms with Crippen molar-refractivity contribution in [3.05, 3.63) is 37.3 Å². The molecule has 1 aliphatic rings. The highest BCUT2D eigenvalue weighted by Crippen LogP contribution is 2.27. The van der Waals surface area contributed by atoms with Crippen LogP contribution in [0.25, 0.3) is 0 Å². The van der Waals surface area contributed by atoms with Crippen molar-refractivity contribution >= 4 is 56.9 Å². The zero-order valence-corrected chi connectivity index (χ0v) is 16.0. The second kappa shape index (κ2) is 7.53. The van der Waals surface area contributed by atoms with Gasteiger partial charge in [-0.2, -0.15) is 0 Å². The summed E-state index contributed by atoms with van der Waals surface area (Å²) in [5, 5.41) is 6.78. The SMILES string of the molecule is CC(=O)Oc1c(C)cc(I)cc1C(=O)NC1NC([SH](=O)=O)=CS1. The van der Waals surface area contributed by atoms with Crippen LogP contribution in [0, 0.1) is 10.5 Å². The molecule has 1 amide bonds. The van der Waals surface area contributed by atoms with Crippen LogP contribution in [-0.2, 0) is 15.5 Å². The number of thiol groups is 1. The second-order valence-corrected chi connectivity index (χ2v) is 7.81. The fourth-order valence-electron chi connectivity index (χ4n) is 1.88. The van der Waals surface area contributed by atoms with E-state index in [9.17, 15) is 18.0 Å². The summed E-state index contributed by atoms with van der Waals surface area (Å²) in [5.74, 6) is -0.797. The Bertz CT molecular complexity index is 768. The number of carbonyl (C=O) groups excluding carboxylic acids is 2. The zero-order chi connectivity index (χ0) is 17.1. The van der Waals surface area contributed by atoms with E-state index in [2.05, 4.69) is 33.2 Å². The van der Waals surface area contributed by atoms with E-state index in [1.807, 2.05) is 0 Å². The smallest absolute Gasteiger partial charge is 0.308 e. The number of amides is 1. The van der Waals surface area contributed by atoms with Gasteiger partial charge in [0.1, 0.15) is 10.8 Å². The van der Waals surface area contributed by atoms with Crippen LogP contribution in [0.3, 0.4) is 0 Å². The summed E-state index contributed by atoms with van der Waals surface area (Å²) in [6.07, 6.45) is 0. The molecule has 1 atom stereocenters. The van der Waals surface area contributed by atoms with E-state index in [1.165, 1.54) is 12.3 Å². The first-order chi connectivity index (χ1) is 10.8. The van der Waals surface area contributed by atoms with Crippen LogP contribution in [0.2, 0.25) is 0 Å². The van der Waals surface area contributed by atoms with E-state index < -0.39 is 28.1 Å². The van der Waals surface area contributed by atoms with Gasteiger partial charge in [-0.1, -0.05) is 11.8 Å². The number of thioether (sulfide) groups is 1. The fraction of sp³-hybridized carbons (Fsp3) is 0.231. The van der Waals surface area contributed by atoms with E-state index in [-0.39, 0.29) is 16.3 Å². The Labute approximate surface area is 152 Å².